The van der Waals surface area contributed by atoms with Crippen molar-refractivity contribution in [3.63, 3.8) is 0 Å². The third-order valence-corrected chi connectivity index (χ3v) is 7.44. The molecule has 0 bridgehead atoms. The third-order valence-electron chi connectivity index (χ3n) is 7.44. The van der Waals surface area contributed by atoms with Gasteiger partial charge in [-0.1, -0.05) is 127 Å². The highest BCUT2D eigenvalue weighted by Crippen LogP contribution is 2.40. The van der Waals surface area contributed by atoms with Crippen LogP contribution in [0.3, 0.4) is 0 Å². The summed E-state index contributed by atoms with van der Waals surface area (Å²) < 4.78 is 2.16. The zero-order valence-electron chi connectivity index (χ0n) is 22.0. The van der Waals surface area contributed by atoms with Gasteiger partial charge in [-0.25, -0.2) is 9.97 Å². The van der Waals surface area contributed by atoms with Crippen LogP contribution in [0.5, 0.6) is 0 Å². The molecule has 0 atom stereocenters. The molecule has 3 aromatic heterocycles. The molecule has 0 N–H and O–H groups in total. The standard InChI is InChI=1S/C36H23N5/c1-4-14-24(15-5-1)31-27-20-10-12-22-29(27)37-32-28-21-11-13-23-30(28)41(33(31)32)36-39-34(25-16-6-2-7-17-25)38-35(40-36)26-18-8-3-9-19-26/h1-23H. The van der Waals surface area contributed by atoms with E-state index in [1.165, 1.54) is 0 Å². The molecular weight excluding hydrogens is 502 g/mol. The fourth-order valence-corrected chi connectivity index (χ4v) is 5.60. The van der Waals surface area contributed by atoms with Crippen LogP contribution < -0.4 is 0 Å². The predicted octanol–water partition coefficient (Wildman–Crippen LogP) is 8.52. The molecule has 5 nitrogen and oxygen atoms in total. The van der Waals surface area contributed by atoms with E-state index in [1.54, 1.807) is 0 Å². The Morgan fingerprint density at radius 1 is 0.415 bits per heavy atom. The number of hydrogen-bond donors (Lipinski definition) is 0. The molecule has 5 heteroatoms. The minimum Gasteiger partial charge on any atom is -0.275 e. The van der Waals surface area contributed by atoms with Crippen LogP contribution >= 0.6 is 0 Å². The molecule has 0 saturated carbocycles. The average molecular weight is 526 g/mol. The Labute approximate surface area is 236 Å². The zero-order chi connectivity index (χ0) is 27.2. The average Bonchev–Trinajstić information content (AvgIpc) is 3.38. The summed E-state index contributed by atoms with van der Waals surface area (Å²) in [6.45, 7) is 0. The van der Waals surface area contributed by atoms with Crippen molar-refractivity contribution < 1.29 is 0 Å². The Balaban J connectivity index is 1.55. The Bertz CT molecular complexity index is 2130. The molecule has 0 spiro atoms. The number of para-hydroxylation sites is 2. The van der Waals surface area contributed by atoms with E-state index in [2.05, 4.69) is 71.3 Å². The summed E-state index contributed by atoms with van der Waals surface area (Å²) in [7, 11) is 0. The van der Waals surface area contributed by atoms with Crippen molar-refractivity contribution in [3.05, 3.63) is 140 Å². The van der Waals surface area contributed by atoms with Crippen molar-refractivity contribution in [1.82, 2.24) is 24.5 Å². The molecular formula is C36H23N5. The zero-order valence-corrected chi connectivity index (χ0v) is 22.0. The minimum absolute atomic E-state index is 0.554. The van der Waals surface area contributed by atoms with Gasteiger partial charge < -0.3 is 0 Å². The van der Waals surface area contributed by atoms with Gasteiger partial charge in [-0.05, 0) is 17.7 Å². The van der Waals surface area contributed by atoms with Gasteiger partial charge in [0.05, 0.1) is 22.1 Å². The predicted molar refractivity (Wildman–Crippen MR) is 166 cm³/mol. The number of hydrogen-bond acceptors (Lipinski definition) is 4. The summed E-state index contributed by atoms with van der Waals surface area (Å²) in [5.41, 5.74) is 7.91. The first-order valence-corrected chi connectivity index (χ1v) is 13.6. The van der Waals surface area contributed by atoms with Gasteiger partial charge in [0, 0.05) is 27.5 Å². The number of fused-ring (bicyclic) bond motifs is 4. The molecule has 0 aliphatic carbocycles. The highest BCUT2D eigenvalue weighted by molar-refractivity contribution is 6.17. The molecule has 0 aliphatic rings. The normalized spacial score (nSPS) is 11.4. The molecule has 8 rings (SSSR count). The lowest BCUT2D eigenvalue weighted by Crippen LogP contribution is -2.07. The molecule has 192 valence electrons. The van der Waals surface area contributed by atoms with Gasteiger partial charge in [0.25, 0.3) is 0 Å². The van der Waals surface area contributed by atoms with Crippen LogP contribution in [0.15, 0.2) is 140 Å². The van der Waals surface area contributed by atoms with E-state index in [4.69, 9.17) is 19.9 Å². The Morgan fingerprint density at radius 3 is 1.56 bits per heavy atom. The van der Waals surface area contributed by atoms with Gasteiger partial charge >= 0.3 is 0 Å². The number of pyridine rings is 1. The molecule has 5 aromatic carbocycles. The molecule has 3 heterocycles. The largest absolute Gasteiger partial charge is 0.275 e. The van der Waals surface area contributed by atoms with Crippen LogP contribution in [0, 0.1) is 0 Å². The Hall–Kier alpha value is -5.68. The first kappa shape index (κ1) is 23.2. The van der Waals surface area contributed by atoms with Gasteiger partial charge in [-0.2, -0.15) is 9.97 Å². The first-order chi connectivity index (χ1) is 20.3. The Kier molecular flexibility index (Phi) is 5.38. The second kappa shape index (κ2) is 9.50. The maximum Gasteiger partial charge on any atom is 0.238 e. The summed E-state index contributed by atoms with van der Waals surface area (Å²) in [6, 6.07) is 47.3. The van der Waals surface area contributed by atoms with E-state index in [-0.39, 0.29) is 0 Å². The van der Waals surface area contributed by atoms with Gasteiger partial charge in [-0.15, -0.1) is 0 Å². The summed E-state index contributed by atoms with van der Waals surface area (Å²) in [5.74, 6) is 1.80. The molecule has 0 aliphatic heterocycles. The van der Waals surface area contributed by atoms with Crippen molar-refractivity contribution >= 4 is 32.8 Å². The lowest BCUT2D eigenvalue weighted by Gasteiger charge is -2.14. The fourth-order valence-electron chi connectivity index (χ4n) is 5.60. The highest BCUT2D eigenvalue weighted by Gasteiger charge is 2.23. The van der Waals surface area contributed by atoms with E-state index in [1.807, 2.05) is 72.8 Å². The third kappa shape index (κ3) is 3.86. The quantitative estimate of drug-likeness (QED) is 0.231. The van der Waals surface area contributed by atoms with Crippen LogP contribution in [0.4, 0.5) is 0 Å². The number of rotatable bonds is 4. The highest BCUT2D eigenvalue weighted by atomic mass is 15.2. The first-order valence-electron chi connectivity index (χ1n) is 13.6. The van der Waals surface area contributed by atoms with Gasteiger partial charge in [0.15, 0.2) is 11.6 Å². The number of aromatic nitrogens is 5. The maximum absolute atomic E-state index is 5.21. The number of benzene rings is 5. The van der Waals surface area contributed by atoms with Crippen LogP contribution in [0.25, 0.3) is 72.7 Å². The summed E-state index contributed by atoms with van der Waals surface area (Å²) in [6.07, 6.45) is 0. The molecule has 0 radical (unpaired) electrons. The maximum atomic E-state index is 5.21. The van der Waals surface area contributed by atoms with Crippen LogP contribution in [-0.4, -0.2) is 24.5 Å². The lowest BCUT2D eigenvalue weighted by atomic mass is 9.99. The van der Waals surface area contributed by atoms with Crippen molar-refractivity contribution in [2.75, 3.05) is 0 Å². The van der Waals surface area contributed by atoms with Crippen molar-refractivity contribution in [2.24, 2.45) is 0 Å². The fraction of sp³-hybridized carbons (Fsp3) is 0. The topological polar surface area (TPSA) is 56.5 Å². The molecule has 0 amide bonds. The van der Waals surface area contributed by atoms with E-state index in [9.17, 15) is 0 Å². The molecule has 41 heavy (non-hydrogen) atoms. The molecule has 8 aromatic rings. The summed E-state index contributed by atoms with van der Waals surface area (Å²) in [4.78, 5) is 20.3. The Morgan fingerprint density at radius 2 is 0.927 bits per heavy atom. The summed E-state index contributed by atoms with van der Waals surface area (Å²) in [5, 5.41) is 2.13. The number of nitrogens with zero attached hydrogens (tertiary/aromatic N) is 5. The van der Waals surface area contributed by atoms with Gasteiger partial charge in [0.1, 0.15) is 0 Å². The second-order valence-corrected chi connectivity index (χ2v) is 9.93. The van der Waals surface area contributed by atoms with Crippen LogP contribution in [0.1, 0.15) is 0 Å². The molecule has 0 unspecified atom stereocenters. The second-order valence-electron chi connectivity index (χ2n) is 9.93. The van der Waals surface area contributed by atoms with E-state index in [0.29, 0.717) is 17.6 Å². The van der Waals surface area contributed by atoms with Crippen molar-refractivity contribution in [2.45, 2.75) is 0 Å². The monoisotopic (exact) mass is 525 g/mol. The molecule has 0 fully saturated rings. The summed E-state index contributed by atoms with van der Waals surface area (Å²) >= 11 is 0. The van der Waals surface area contributed by atoms with E-state index < -0.39 is 0 Å². The van der Waals surface area contributed by atoms with Crippen LogP contribution in [-0.2, 0) is 0 Å². The smallest absolute Gasteiger partial charge is 0.238 e. The van der Waals surface area contributed by atoms with Crippen LogP contribution in [0.2, 0.25) is 0 Å². The van der Waals surface area contributed by atoms with E-state index >= 15 is 0 Å². The van der Waals surface area contributed by atoms with Gasteiger partial charge in [-0.3, -0.25) is 4.57 Å². The van der Waals surface area contributed by atoms with Gasteiger partial charge in [0.2, 0.25) is 5.95 Å². The minimum atomic E-state index is 0.554. The lowest BCUT2D eigenvalue weighted by molar-refractivity contribution is 0.953. The molecule has 0 saturated heterocycles. The van der Waals surface area contributed by atoms with Crippen molar-refractivity contribution in [1.29, 1.82) is 0 Å². The SMILES string of the molecule is c1ccc(-c2nc(-c3ccccc3)nc(-n3c4ccccc4c4nc5ccccc5c(-c5ccccc5)c43)n2)cc1. The van der Waals surface area contributed by atoms with Crippen molar-refractivity contribution in [3.8, 4) is 39.9 Å². The van der Waals surface area contributed by atoms with E-state index in [0.717, 1.165) is 55.1 Å².